The van der Waals surface area contributed by atoms with Crippen LogP contribution < -0.4 is 5.32 Å². The van der Waals surface area contributed by atoms with E-state index >= 15 is 0 Å². The highest BCUT2D eigenvalue weighted by molar-refractivity contribution is 6.30. The van der Waals surface area contributed by atoms with Crippen LogP contribution in [0.25, 0.3) is 0 Å². The summed E-state index contributed by atoms with van der Waals surface area (Å²) in [5, 5.41) is 4.22. The van der Waals surface area contributed by atoms with Crippen molar-refractivity contribution in [2.75, 3.05) is 5.32 Å². The predicted octanol–water partition coefficient (Wildman–Crippen LogP) is 4.89. The zero-order chi connectivity index (χ0) is 13.4. The third kappa shape index (κ3) is 2.45. The van der Waals surface area contributed by atoms with E-state index in [1.807, 2.05) is 19.1 Å². The maximum Gasteiger partial charge on any atom is 0.125 e. The highest BCUT2D eigenvalue weighted by Gasteiger charge is 2.22. The van der Waals surface area contributed by atoms with E-state index in [9.17, 15) is 4.39 Å². The second kappa shape index (κ2) is 4.86. The van der Waals surface area contributed by atoms with Crippen LogP contribution in [0, 0.1) is 12.7 Å². The first-order chi connectivity index (χ1) is 9.13. The van der Waals surface area contributed by atoms with Crippen molar-refractivity contribution in [1.29, 1.82) is 0 Å². The Kier molecular flexibility index (Phi) is 3.19. The highest BCUT2D eigenvalue weighted by atomic mass is 35.5. The van der Waals surface area contributed by atoms with Crippen LogP contribution in [-0.2, 0) is 6.42 Å². The summed E-state index contributed by atoms with van der Waals surface area (Å²) in [5.74, 6) is -0.206. The van der Waals surface area contributed by atoms with Gasteiger partial charge in [-0.25, -0.2) is 4.39 Å². The van der Waals surface area contributed by atoms with Gasteiger partial charge in [0.25, 0.3) is 0 Å². The fourth-order valence-electron chi connectivity index (χ4n) is 2.67. The number of hydrogen-bond donors (Lipinski definition) is 1. The molecule has 0 saturated heterocycles. The molecule has 1 aliphatic carbocycles. The van der Waals surface area contributed by atoms with Gasteiger partial charge in [-0.3, -0.25) is 0 Å². The summed E-state index contributed by atoms with van der Waals surface area (Å²) in [6, 6.07) is 11.1. The predicted molar refractivity (Wildman–Crippen MR) is 77.3 cm³/mol. The maximum absolute atomic E-state index is 13.3. The van der Waals surface area contributed by atoms with Crippen molar-refractivity contribution < 1.29 is 4.39 Å². The Bertz CT molecular complexity index is 624. The lowest BCUT2D eigenvalue weighted by Crippen LogP contribution is -2.08. The van der Waals surface area contributed by atoms with E-state index < -0.39 is 0 Å². The van der Waals surface area contributed by atoms with Crippen molar-refractivity contribution >= 4 is 17.3 Å². The van der Waals surface area contributed by atoms with Gasteiger partial charge in [-0.15, -0.1) is 0 Å². The fourth-order valence-corrected chi connectivity index (χ4v) is 2.87. The highest BCUT2D eigenvalue weighted by Crippen LogP contribution is 2.35. The minimum absolute atomic E-state index is 0.206. The topological polar surface area (TPSA) is 12.0 Å². The van der Waals surface area contributed by atoms with Gasteiger partial charge in [0.05, 0.1) is 6.04 Å². The van der Waals surface area contributed by atoms with Crippen LogP contribution >= 0.6 is 11.6 Å². The third-order valence-corrected chi connectivity index (χ3v) is 3.95. The standard InChI is InChI=1S/C16H15ClFN/c1-10-2-5-13(18)9-16(10)19-15-7-3-11-8-12(17)4-6-14(11)15/h2,4-6,8-9,15,19H,3,7H2,1H3. The minimum atomic E-state index is -0.206. The summed E-state index contributed by atoms with van der Waals surface area (Å²) in [6.45, 7) is 1.99. The molecule has 0 aromatic heterocycles. The third-order valence-electron chi connectivity index (χ3n) is 3.71. The molecule has 0 radical (unpaired) electrons. The van der Waals surface area contributed by atoms with Crippen LogP contribution in [0.1, 0.15) is 29.2 Å². The maximum atomic E-state index is 13.3. The molecule has 3 heteroatoms. The first kappa shape index (κ1) is 12.5. The lowest BCUT2D eigenvalue weighted by atomic mass is 10.1. The molecule has 2 aromatic carbocycles. The summed E-state index contributed by atoms with van der Waals surface area (Å²) in [4.78, 5) is 0. The van der Waals surface area contributed by atoms with E-state index in [1.165, 1.54) is 17.2 Å². The molecule has 1 atom stereocenters. The first-order valence-corrected chi connectivity index (χ1v) is 6.82. The largest absolute Gasteiger partial charge is 0.378 e. The van der Waals surface area contributed by atoms with Gasteiger partial charge in [0, 0.05) is 10.7 Å². The van der Waals surface area contributed by atoms with Gasteiger partial charge in [-0.05, 0) is 60.7 Å². The number of anilines is 1. The van der Waals surface area contributed by atoms with Crippen molar-refractivity contribution in [3.05, 3.63) is 63.9 Å². The Morgan fingerprint density at radius 1 is 1.21 bits per heavy atom. The van der Waals surface area contributed by atoms with Crippen LogP contribution in [0.15, 0.2) is 36.4 Å². The molecule has 0 aliphatic heterocycles. The Balaban J connectivity index is 1.88. The average molecular weight is 276 g/mol. The molecule has 1 N–H and O–H groups in total. The summed E-state index contributed by atoms with van der Waals surface area (Å²) < 4.78 is 13.3. The van der Waals surface area contributed by atoms with Crippen LogP contribution in [0.3, 0.4) is 0 Å². The molecular formula is C16H15ClFN. The van der Waals surface area contributed by atoms with Crippen molar-refractivity contribution in [1.82, 2.24) is 0 Å². The molecule has 3 rings (SSSR count). The molecule has 0 bridgehead atoms. The van der Waals surface area contributed by atoms with Crippen LogP contribution in [0.5, 0.6) is 0 Å². The quantitative estimate of drug-likeness (QED) is 0.823. The van der Waals surface area contributed by atoms with Gasteiger partial charge in [-0.1, -0.05) is 23.7 Å². The number of fused-ring (bicyclic) bond motifs is 1. The van der Waals surface area contributed by atoms with Crippen molar-refractivity contribution in [3.63, 3.8) is 0 Å². The molecule has 1 aliphatic rings. The normalized spacial score (nSPS) is 17.3. The number of rotatable bonds is 2. The molecule has 0 spiro atoms. The monoisotopic (exact) mass is 275 g/mol. The first-order valence-electron chi connectivity index (χ1n) is 6.44. The van der Waals surface area contributed by atoms with E-state index in [1.54, 1.807) is 12.1 Å². The molecule has 2 aromatic rings. The Morgan fingerprint density at radius 3 is 2.89 bits per heavy atom. The smallest absolute Gasteiger partial charge is 0.125 e. The number of aryl methyl sites for hydroxylation is 2. The van der Waals surface area contributed by atoms with E-state index in [4.69, 9.17) is 11.6 Å². The molecular weight excluding hydrogens is 261 g/mol. The summed E-state index contributed by atoms with van der Waals surface area (Å²) in [5.41, 5.74) is 4.49. The van der Waals surface area contributed by atoms with Crippen molar-refractivity contribution in [2.45, 2.75) is 25.8 Å². The minimum Gasteiger partial charge on any atom is -0.378 e. The molecule has 0 saturated carbocycles. The summed E-state index contributed by atoms with van der Waals surface area (Å²) in [7, 11) is 0. The summed E-state index contributed by atoms with van der Waals surface area (Å²) >= 11 is 6.01. The SMILES string of the molecule is Cc1ccc(F)cc1NC1CCc2cc(Cl)ccc21. The molecule has 19 heavy (non-hydrogen) atoms. The molecule has 98 valence electrons. The lowest BCUT2D eigenvalue weighted by Gasteiger charge is -2.17. The Hall–Kier alpha value is -1.54. The second-order valence-electron chi connectivity index (χ2n) is 5.04. The van der Waals surface area contributed by atoms with Crippen molar-refractivity contribution in [2.24, 2.45) is 0 Å². The van der Waals surface area contributed by atoms with E-state index in [-0.39, 0.29) is 11.9 Å². The van der Waals surface area contributed by atoms with E-state index in [2.05, 4.69) is 11.4 Å². The number of hydrogen-bond acceptors (Lipinski definition) is 1. The van der Waals surface area contributed by atoms with Crippen molar-refractivity contribution in [3.8, 4) is 0 Å². The van der Waals surface area contributed by atoms with Crippen LogP contribution in [0.4, 0.5) is 10.1 Å². The van der Waals surface area contributed by atoms with Gasteiger partial charge in [-0.2, -0.15) is 0 Å². The van der Waals surface area contributed by atoms with Gasteiger partial charge < -0.3 is 5.32 Å². The fraction of sp³-hybridized carbons (Fsp3) is 0.250. The van der Waals surface area contributed by atoms with Gasteiger partial charge in [0.2, 0.25) is 0 Å². The van der Waals surface area contributed by atoms with E-state index in [0.717, 1.165) is 29.1 Å². The Labute approximate surface area is 117 Å². The second-order valence-corrected chi connectivity index (χ2v) is 5.47. The number of nitrogens with one attached hydrogen (secondary N) is 1. The van der Waals surface area contributed by atoms with E-state index in [0.29, 0.717) is 0 Å². The number of halogens is 2. The van der Waals surface area contributed by atoms with Gasteiger partial charge in [0.15, 0.2) is 0 Å². The lowest BCUT2D eigenvalue weighted by molar-refractivity contribution is 0.627. The molecule has 0 heterocycles. The summed E-state index contributed by atoms with van der Waals surface area (Å²) in [6.07, 6.45) is 2.04. The Morgan fingerprint density at radius 2 is 2.05 bits per heavy atom. The zero-order valence-corrected chi connectivity index (χ0v) is 11.5. The molecule has 1 unspecified atom stereocenters. The average Bonchev–Trinajstić information content (AvgIpc) is 2.76. The number of benzene rings is 2. The molecule has 0 fully saturated rings. The molecule has 0 amide bonds. The van der Waals surface area contributed by atoms with Gasteiger partial charge in [0.1, 0.15) is 5.82 Å². The zero-order valence-electron chi connectivity index (χ0n) is 10.7. The van der Waals surface area contributed by atoms with Crippen LogP contribution in [0.2, 0.25) is 5.02 Å². The van der Waals surface area contributed by atoms with Gasteiger partial charge >= 0.3 is 0 Å². The van der Waals surface area contributed by atoms with Crippen LogP contribution in [-0.4, -0.2) is 0 Å². The molecule has 1 nitrogen and oxygen atoms in total.